The Labute approximate surface area is 130 Å². The largest absolute Gasteiger partial charge is 0.496 e. The Hall–Kier alpha value is -1.85. The molecule has 0 aliphatic carbocycles. The van der Waals surface area contributed by atoms with Crippen LogP contribution in [-0.2, 0) is 9.31 Å². The van der Waals surface area contributed by atoms with Crippen molar-refractivity contribution in [1.29, 1.82) is 0 Å². The van der Waals surface area contributed by atoms with E-state index in [-0.39, 0.29) is 18.3 Å². The highest BCUT2D eigenvalue weighted by atomic mass is 16.7. The summed E-state index contributed by atoms with van der Waals surface area (Å²) < 4.78 is 12.2. The van der Waals surface area contributed by atoms with Gasteiger partial charge < -0.3 is 14.3 Å². The van der Waals surface area contributed by atoms with Crippen molar-refractivity contribution < 1.29 is 9.31 Å². The van der Waals surface area contributed by atoms with E-state index in [9.17, 15) is 0 Å². The van der Waals surface area contributed by atoms with Gasteiger partial charge in [0.15, 0.2) is 0 Å². The molecule has 3 heterocycles. The van der Waals surface area contributed by atoms with Crippen LogP contribution in [0.4, 0.5) is 0 Å². The van der Waals surface area contributed by atoms with E-state index >= 15 is 0 Å². The molecule has 3 aromatic rings. The molecule has 4 nitrogen and oxygen atoms in total. The van der Waals surface area contributed by atoms with Crippen LogP contribution in [0.1, 0.15) is 27.7 Å². The van der Waals surface area contributed by atoms with Gasteiger partial charge in [-0.1, -0.05) is 18.2 Å². The lowest BCUT2D eigenvalue weighted by Crippen LogP contribution is -2.41. The second kappa shape index (κ2) is 4.34. The molecule has 1 aliphatic heterocycles. The SMILES string of the molecule is CC1(C)OB(c2cnc3[nH]c4ccccc4c3c2)OC1(C)C. The van der Waals surface area contributed by atoms with E-state index in [4.69, 9.17) is 9.31 Å². The van der Waals surface area contributed by atoms with Crippen LogP contribution in [0.25, 0.3) is 21.9 Å². The van der Waals surface area contributed by atoms with Crippen LogP contribution in [0.3, 0.4) is 0 Å². The zero-order valence-electron chi connectivity index (χ0n) is 13.3. The van der Waals surface area contributed by atoms with Crippen LogP contribution in [-0.4, -0.2) is 28.3 Å². The summed E-state index contributed by atoms with van der Waals surface area (Å²) in [6.07, 6.45) is 1.83. The van der Waals surface area contributed by atoms with Gasteiger partial charge in [-0.05, 0) is 39.8 Å². The summed E-state index contributed by atoms with van der Waals surface area (Å²) >= 11 is 0. The lowest BCUT2D eigenvalue weighted by molar-refractivity contribution is 0.00578. The molecule has 1 aliphatic rings. The molecule has 112 valence electrons. The Kier molecular flexibility index (Phi) is 2.72. The number of H-pyrrole nitrogens is 1. The van der Waals surface area contributed by atoms with Crippen LogP contribution in [0.5, 0.6) is 0 Å². The maximum atomic E-state index is 6.12. The average Bonchev–Trinajstić information content (AvgIpc) is 2.93. The van der Waals surface area contributed by atoms with E-state index < -0.39 is 0 Å². The lowest BCUT2D eigenvalue weighted by Gasteiger charge is -2.32. The molecule has 0 amide bonds. The van der Waals surface area contributed by atoms with Crippen LogP contribution in [0, 0.1) is 0 Å². The molecule has 0 radical (unpaired) electrons. The van der Waals surface area contributed by atoms with E-state index in [1.165, 1.54) is 5.39 Å². The number of aromatic amines is 1. The van der Waals surface area contributed by atoms with E-state index in [0.717, 1.165) is 22.0 Å². The highest BCUT2D eigenvalue weighted by Crippen LogP contribution is 2.36. The number of hydrogen-bond donors (Lipinski definition) is 1. The number of para-hydroxylation sites is 1. The Bertz CT molecular complexity index is 853. The van der Waals surface area contributed by atoms with E-state index in [2.05, 4.69) is 55.9 Å². The molecule has 0 atom stereocenters. The van der Waals surface area contributed by atoms with E-state index in [1.54, 1.807) is 0 Å². The molecule has 1 N–H and O–H groups in total. The van der Waals surface area contributed by atoms with Gasteiger partial charge in [-0.3, -0.25) is 0 Å². The van der Waals surface area contributed by atoms with E-state index in [0.29, 0.717) is 0 Å². The molecule has 0 spiro atoms. The van der Waals surface area contributed by atoms with E-state index in [1.807, 2.05) is 18.3 Å². The van der Waals surface area contributed by atoms with Gasteiger partial charge in [0.2, 0.25) is 0 Å². The highest BCUT2D eigenvalue weighted by Gasteiger charge is 2.51. The van der Waals surface area contributed by atoms with Crippen molar-refractivity contribution in [3.05, 3.63) is 36.5 Å². The lowest BCUT2D eigenvalue weighted by atomic mass is 9.80. The Morgan fingerprint density at radius 3 is 2.41 bits per heavy atom. The third-order valence-corrected chi connectivity index (χ3v) is 4.90. The number of nitrogens with one attached hydrogen (secondary N) is 1. The number of fused-ring (bicyclic) bond motifs is 3. The molecule has 0 bridgehead atoms. The second-order valence-corrected chi connectivity index (χ2v) is 6.92. The van der Waals surface area contributed by atoms with Gasteiger partial charge in [0.05, 0.1) is 11.2 Å². The van der Waals surface area contributed by atoms with Crippen LogP contribution in [0.2, 0.25) is 0 Å². The smallest absolute Gasteiger partial charge is 0.399 e. The number of aromatic nitrogens is 2. The van der Waals surface area contributed by atoms with Crippen molar-refractivity contribution in [3.8, 4) is 0 Å². The fraction of sp³-hybridized carbons (Fsp3) is 0.353. The molecular weight excluding hydrogens is 275 g/mol. The molecular formula is C17H19BN2O2. The molecule has 1 aromatic carbocycles. The first-order valence-corrected chi connectivity index (χ1v) is 7.59. The van der Waals surface area contributed by atoms with Crippen molar-refractivity contribution in [2.75, 3.05) is 0 Å². The van der Waals surface area contributed by atoms with Gasteiger partial charge >= 0.3 is 7.12 Å². The Morgan fingerprint density at radius 2 is 1.68 bits per heavy atom. The minimum Gasteiger partial charge on any atom is -0.399 e. The number of hydrogen-bond acceptors (Lipinski definition) is 3. The molecule has 0 unspecified atom stereocenters. The van der Waals surface area contributed by atoms with Crippen molar-refractivity contribution in [2.45, 2.75) is 38.9 Å². The summed E-state index contributed by atoms with van der Waals surface area (Å²) in [5.41, 5.74) is 2.26. The molecule has 4 rings (SSSR count). The summed E-state index contributed by atoms with van der Waals surface area (Å²) in [6, 6.07) is 10.3. The first kappa shape index (κ1) is 13.8. The Balaban J connectivity index is 1.82. The predicted molar refractivity (Wildman–Crippen MR) is 89.3 cm³/mol. The van der Waals surface area contributed by atoms with Gasteiger partial charge in [-0.2, -0.15) is 0 Å². The normalized spacial score (nSPS) is 20.1. The number of benzene rings is 1. The van der Waals surface area contributed by atoms with Crippen LogP contribution in [0.15, 0.2) is 36.5 Å². The zero-order chi connectivity index (χ0) is 15.5. The van der Waals surface area contributed by atoms with Crippen molar-refractivity contribution >= 4 is 34.5 Å². The van der Waals surface area contributed by atoms with Gasteiger partial charge in [-0.25, -0.2) is 4.98 Å². The summed E-state index contributed by atoms with van der Waals surface area (Å²) in [7, 11) is -0.379. The first-order valence-electron chi connectivity index (χ1n) is 7.59. The monoisotopic (exact) mass is 294 g/mol. The molecule has 1 fully saturated rings. The standard InChI is InChI=1S/C17H19BN2O2/c1-16(2)17(3,4)22-18(21-16)11-9-13-12-7-5-6-8-14(12)20-15(13)19-10-11/h5-10H,1-4H3,(H,19,20). The fourth-order valence-electron chi connectivity index (χ4n) is 2.85. The Morgan fingerprint density at radius 1 is 1.00 bits per heavy atom. The minimum absolute atomic E-state index is 0.340. The first-order chi connectivity index (χ1) is 10.4. The van der Waals surface area contributed by atoms with Crippen molar-refractivity contribution in [3.63, 3.8) is 0 Å². The minimum atomic E-state index is -0.379. The summed E-state index contributed by atoms with van der Waals surface area (Å²) in [5, 5.41) is 2.27. The fourth-order valence-corrected chi connectivity index (χ4v) is 2.85. The summed E-state index contributed by atoms with van der Waals surface area (Å²) in [5.74, 6) is 0. The number of rotatable bonds is 1. The van der Waals surface area contributed by atoms with Gasteiger partial charge in [-0.15, -0.1) is 0 Å². The topological polar surface area (TPSA) is 47.1 Å². The van der Waals surface area contributed by atoms with Gasteiger partial charge in [0.1, 0.15) is 5.65 Å². The predicted octanol–water partition coefficient (Wildman–Crippen LogP) is 3.02. The molecule has 0 saturated carbocycles. The third kappa shape index (κ3) is 1.89. The zero-order valence-corrected chi connectivity index (χ0v) is 13.3. The number of pyridine rings is 1. The average molecular weight is 294 g/mol. The van der Waals surface area contributed by atoms with Gasteiger partial charge in [0.25, 0.3) is 0 Å². The summed E-state index contributed by atoms with van der Waals surface area (Å²) in [4.78, 5) is 7.88. The summed E-state index contributed by atoms with van der Waals surface area (Å²) in [6.45, 7) is 8.24. The molecule has 22 heavy (non-hydrogen) atoms. The van der Waals surface area contributed by atoms with Crippen molar-refractivity contribution in [2.24, 2.45) is 0 Å². The maximum absolute atomic E-state index is 6.12. The quantitative estimate of drug-likeness (QED) is 0.702. The van der Waals surface area contributed by atoms with Crippen LogP contribution < -0.4 is 5.46 Å². The molecule has 5 heteroatoms. The third-order valence-electron chi connectivity index (χ3n) is 4.90. The highest BCUT2D eigenvalue weighted by molar-refractivity contribution is 6.62. The van der Waals surface area contributed by atoms with Crippen LogP contribution >= 0.6 is 0 Å². The second-order valence-electron chi connectivity index (χ2n) is 6.92. The van der Waals surface area contributed by atoms with Gasteiger partial charge in [0, 0.05) is 27.9 Å². The molecule has 2 aromatic heterocycles. The molecule has 1 saturated heterocycles. The van der Waals surface area contributed by atoms with Crippen molar-refractivity contribution in [1.82, 2.24) is 9.97 Å². The maximum Gasteiger partial charge on any atom is 0.496 e. The number of nitrogens with zero attached hydrogens (tertiary/aromatic N) is 1.